The van der Waals surface area contributed by atoms with Crippen LogP contribution in [0.5, 0.6) is 0 Å². The van der Waals surface area contributed by atoms with Crippen LogP contribution in [-0.4, -0.2) is 35.5 Å². The summed E-state index contributed by atoms with van der Waals surface area (Å²) >= 11 is 1.59. The molecule has 0 atom stereocenters. The summed E-state index contributed by atoms with van der Waals surface area (Å²) in [4.78, 5) is 23.0. The van der Waals surface area contributed by atoms with E-state index in [1.54, 1.807) is 11.3 Å². The molecule has 1 N–H and O–H groups in total. The molecule has 4 nitrogen and oxygen atoms in total. The minimum Gasteiger partial charge on any atom is -0.480 e. The number of thiophene rings is 1. The highest BCUT2D eigenvalue weighted by atomic mass is 32.1. The lowest BCUT2D eigenvalue weighted by atomic mass is 10.2. The van der Waals surface area contributed by atoms with Crippen molar-refractivity contribution >= 4 is 23.2 Å². The number of hydrogen-bond donors (Lipinski definition) is 1. The first-order valence-electron chi connectivity index (χ1n) is 4.56. The largest absolute Gasteiger partial charge is 0.480 e. The monoisotopic (exact) mass is 227 g/mol. The fourth-order valence-electron chi connectivity index (χ4n) is 1.17. The lowest BCUT2D eigenvalue weighted by Crippen LogP contribution is -2.31. The Balaban J connectivity index is 2.32. The summed E-state index contributed by atoms with van der Waals surface area (Å²) in [6.07, 6.45) is 1.03. The van der Waals surface area contributed by atoms with Crippen molar-refractivity contribution < 1.29 is 14.7 Å². The summed E-state index contributed by atoms with van der Waals surface area (Å²) in [6, 6.07) is 1.97. The first-order chi connectivity index (χ1) is 7.09. The fourth-order valence-corrected chi connectivity index (χ4v) is 1.87. The molecule has 1 amide bonds. The van der Waals surface area contributed by atoms with Gasteiger partial charge in [-0.25, -0.2) is 0 Å². The molecule has 0 unspecified atom stereocenters. The lowest BCUT2D eigenvalue weighted by molar-refractivity contribution is -0.143. The van der Waals surface area contributed by atoms with Crippen LogP contribution in [-0.2, 0) is 16.0 Å². The molecule has 0 saturated heterocycles. The maximum atomic E-state index is 11.4. The van der Waals surface area contributed by atoms with E-state index in [-0.39, 0.29) is 12.5 Å². The van der Waals surface area contributed by atoms with Gasteiger partial charge in [-0.2, -0.15) is 11.3 Å². The van der Waals surface area contributed by atoms with E-state index in [2.05, 4.69) is 0 Å². The van der Waals surface area contributed by atoms with Gasteiger partial charge in [0.2, 0.25) is 5.91 Å². The predicted octanol–water partition coefficient (Wildman–Crippen LogP) is 1.22. The van der Waals surface area contributed by atoms with Crippen molar-refractivity contribution in [2.45, 2.75) is 12.8 Å². The molecule has 1 aromatic heterocycles. The fraction of sp³-hybridized carbons (Fsp3) is 0.400. The van der Waals surface area contributed by atoms with E-state index >= 15 is 0 Å². The van der Waals surface area contributed by atoms with Crippen molar-refractivity contribution in [3.8, 4) is 0 Å². The zero-order valence-electron chi connectivity index (χ0n) is 8.47. The second-order valence-electron chi connectivity index (χ2n) is 3.28. The molecule has 1 heterocycles. The van der Waals surface area contributed by atoms with Crippen LogP contribution in [0.2, 0.25) is 0 Å². The van der Waals surface area contributed by atoms with Crippen LogP contribution < -0.4 is 0 Å². The first-order valence-corrected chi connectivity index (χ1v) is 5.50. The molecule has 0 aromatic carbocycles. The van der Waals surface area contributed by atoms with Crippen molar-refractivity contribution in [2.24, 2.45) is 0 Å². The molecule has 5 heteroatoms. The molecule has 82 valence electrons. The average Bonchev–Trinajstić information content (AvgIpc) is 2.65. The Morgan fingerprint density at radius 1 is 1.53 bits per heavy atom. The van der Waals surface area contributed by atoms with Gasteiger partial charge in [-0.1, -0.05) is 0 Å². The summed E-state index contributed by atoms with van der Waals surface area (Å²) in [5, 5.41) is 12.4. The number of rotatable bonds is 5. The zero-order valence-corrected chi connectivity index (χ0v) is 9.29. The summed E-state index contributed by atoms with van der Waals surface area (Å²) in [5.41, 5.74) is 1.12. The molecule has 15 heavy (non-hydrogen) atoms. The Kier molecular flexibility index (Phi) is 4.30. The van der Waals surface area contributed by atoms with E-state index in [4.69, 9.17) is 5.11 Å². The summed E-state index contributed by atoms with van der Waals surface area (Å²) in [5.74, 6) is -1.12. The Morgan fingerprint density at radius 3 is 2.80 bits per heavy atom. The highest BCUT2D eigenvalue weighted by Gasteiger charge is 2.11. The van der Waals surface area contributed by atoms with Crippen molar-refractivity contribution in [2.75, 3.05) is 13.6 Å². The van der Waals surface area contributed by atoms with Crippen LogP contribution in [0, 0.1) is 0 Å². The quantitative estimate of drug-likeness (QED) is 0.823. The van der Waals surface area contributed by atoms with Gasteiger partial charge in [0.15, 0.2) is 0 Å². The van der Waals surface area contributed by atoms with Gasteiger partial charge in [0, 0.05) is 13.5 Å². The smallest absolute Gasteiger partial charge is 0.323 e. The van der Waals surface area contributed by atoms with Gasteiger partial charge in [-0.05, 0) is 28.8 Å². The highest BCUT2D eigenvalue weighted by Crippen LogP contribution is 2.08. The third-order valence-corrected chi connectivity index (χ3v) is 2.74. The van der Waals surface area contributed by atoms with E-state index in [1.165, 1.54) is 11.9 Å². The molecule has 0 spiro atoms. The topological polar surface area (TPSA) is 57.6 Å². The number of carbonyl (C=O) groups excluding carboxylic acids is 1. The summed E-state index contributed by atoms with van der Waals surface area (Å²) < 4.78 is 0. The van der Waals surface area contributed by atoms with Crippen LogP contribution >= 0.6 is 11.3 Å². The second kappa shape index (κ2) is 5.50. The van der Waals surface area contributed by atoms with E-state index in [1.807, 2.05) is 16.8 Å². The molecule has 0 fully saturated rings. The number of aliphatic carboxylic acids is 1. The van der Waals surface area contributed by atoms with Gasteiger partial charge in [-0.15, -0.1) is 0 Å². The third-order valence-electron chi connectivity index (χ3n) is 2.01. The van der Waals surface area contributed by atoms with Crippen molar-refractivity contribution in [3.63, 3.8) is 0 Å². The second-order valence-corrected chi connectivity index (χ2v) is 4.06. The Labute approximate surface area is 92.1 Å². The predicted molar refractivity (Wildman–Crippen MR) is 57.9 cm³/mol. The summed E-state index contributed by atoms with van der Waals surface area (Å²) in [7, 11) is 1.50. The van der Waals surface area contributed by atoms with Gasteiger partial charge in [0.1, 0.15) is 6.54 Å². The lowest BCUT2D eigenvalue weighted by Gasteiger charge is -2.13. The number of hydrogen-bond acceptors (Lipinski definition) is 3. The van der Waals surface area contributed by atoms with Crippen LogP contribution in [0.15, 0.2) is 16.8 Å². The molecular formula is C10H13NO3S. The first kappa shape index (κ1) is 11.7. The Hall–Kier alpha value is -1.36. The molecule has 0 radical (unpaired) electrons. The van der Waals surface area contributed by atoms with E-state index in [9.17, 15) is 9.59 Å². The van der Waals surface area contributed by atoms with Crippen LogP contribution in [0.1, 0.15) is 12.0 Å². The minimum atomic E-state index is -0.985. The number of carboxylic acid groups (broad SMARTS) is 1. The Morgan fingerprint density at radius 2 is 2.27 bits per heavy atom. The zero-order chi connectivity index (χ0) is 11.3. The van der Waals surface area contributed by atoms with Crippen LogP contribution in [0.4, 0.5) is 0 Å². The van der Waals surface area contributed by atoms with E-state index < -0.39 is 5.97 Å². The van der Waals surface area contributed by atoms with E-state index in [0.29, 0.717) is 12.8 Å². The average molecular weight is 227 g/mol. The molecule has 0 aliphatic heterocycles. The molecule has 1 aromatic rings. The van der Waals surface area contributed by atoms with Crippen molar-refractivity contribution in [3.05, 3.63) is 22.4 Å². The standard InChI is InChI=1S/C10H13NO3S/c1-11(6-10(13)14)9(12)3-2-8-4-5-15-7-8/h4-5,7H,2-3,6H2,1H3,(H,13,14). The van der Waals surface area contributed by atoms with Crippen molar-refractivity contribution in [1.82, 2.24) is 4.90 Å². The normalized spacial score (nSPS) is 9.93. The summed E-state index contributed by atoms with van der Waals surface area (Å²) in [6.45, 7) is -0.234. The third kappa shape index (κ3) is 4.12. The van der Waals surface area contributed by atoms with Crippen molar-refractivity contribution in [1.29, 1.82) is 0 Å². The van der Waals surface area contributed by atoms with Crippen LogP contribution in [0.3, 0.4) is 0 Å². The van der Waals surface area contributed by atoms with Gasteiger partial charge in [0.05, 0.1) is 0 Å². The molecule has 0 aliphatic rings. The number of amides is 1. The highest BCUT2D eigenvalue weighted by molar-refractivity contribution is 7.07. The maximum absolute atomic E-state index is 11.4. The number of likely N-dealkylation sites (N-methyl/N-ethyl adjacent to an activating group) is 1. The molecule has 0 bridgehead atoms. The molecular weight excluding hydrogens is 214 g/mol. The van der Waals surface area contributed by atoms with Gasteiger partial charge in [0.25, 0.3) is 0 Å². The number of aryl methyl sites for hydroxylation is 1. The van der Waals surface area contributed by atoms with Gasteiger partial charge >= 0.3 is 5.97 Å². The minimum absolute atomic E-state index is 0.136. The molecule has 0 aliphatic carbocycles. The number of carbonyl (C=O) groups is 2. The van der Waals surface area contributed by atoms with Gasteiger partial charge < -0.3 is 10.0 Å². The SMILES string of the molecule is CN(CC(=O)O)C(=O)CCc1ccsc1. The van der Waals surface area contributed by atoms with E-state index in [0.717, 1.165) is 5.56 Å². The number of nitrogens with zero attached hydrogens (tertiary/aromatic N) is 1. The van der Waals surface area contributed by atoms with Crippen LogP contribution in [0.25, 0.3) is 0 Å². The maximum Gasteiger partial charge on any atom is 0.323 e. The van der Waals surface area contributed by atoms with Gasteiger partial charge in [-0.3, -0.25) is 9.59 Å². The molecule has 0 saturated carbocycles. The number of carboxylic acids is 1. The Bertz CT molecular complexity index is 334. The molecule has 1 rings (SSSR count).